The van der Waals surface area contributed by atoms with Crippen molar-refractivity contribution in [1.29, 1.82) is 0 Å². The van der Waals surface area contributed by atoms with Crippen LogP contribution >= 0.6 is 0 Å². The van der Waals surface area contributed by atoms with Crippen molar-refractivity contribution in [2.45, 2.75) is 26.3 Å². The Morgan fingerprint density at radius 1 is 1.10 bits per heavy atom. The second-order valence-electron chi connectivity index (χ2n) is 6.51. The number of nitrogens with zero attached hydrogens (tertiary/aromatic N) is 2. The molecule has 3 nitrogen and oxygen atoms in total. The van der Waals surface area contributed by atoms with Gasteiger partial charge in [0.15, 0.2) is 0 Å². The zero-order valence-corrected chi connectivity index (χ0v) is 12.8. The minimum atomic E-state index is 0.749. The van der Waals surface area contributed by atoms with Gasteiger partial charge in [0.05, 0.1) is 0 Å². The Balaban J connectivity index is 1.56. The largest absolute Gasteiger partial charge is 0.369 e. The molecule has 0 spiro atoms. The molecule has 0 radical (unpaired) electrons. The van der Waals surface area contributed by atoms with Gasteiger partial charge >= 0.3 is 0 Å². The van der Waals surface area contributed by atoms with Crippen molar-refractivity contribution in [2.75, 3.05) is 44.2 Å². The van der Waals surface area contributed by atoms with Crippen molar-refractivity contribution < 1.29 is 0 Å². The van der Waals surface area contributed by atoms with E-state index in [1.807, 2.05) is 0 Å². The number of hydrogen-bond acceptors (Lipinski definition) is 3. The maximum atomic E-state index is 3.58. The predicted molar refractivity (Wildman–Crippen MR) is 85.4 cm³/mol. The maximum Gasteiger partial charge on any atom is 0.0369 e. The quantitative estimate of drug-likeness (QED) is 0.890. The third-order valence-corrected chi connectivity index (χ3v) is 4.74. The highest BCUT2D eigenvalue weighted by Crippen LogP contribution is 2.21. The van der Waals surface area contributed by atoms with Crippen LogP contribution in [0.15, 0.2) is 24.3 Å². The molecule has 2 aliphatic heterocycles. The van der Waals surface area contributed by atoms with Gasteiger partial charge in [-0.2, -0.15) is 0 Å². The number of piperazine rings is 1. The highest BCUT2D eigenvalue weighted by Gasteiger charge is 2.27. The minimum Gasteiger partial charge on any atom is -0.369 e. The number of benzene rings is 1. The smallest absolute Gasteiger partial charge is 0.0369 e. The molecule has 2 heterocycles. The van der Waals surface area contributed by atoms with E-state index in [0.29, 0.717) is 0 Å². The van der Waals surface area contributed by atoms with E-state index in [9.17, 15) is 0 Å². The molecule has 3 rings (SSSR count). The van der Waals surface area contributed by atoms with Crippen LogP contribution in [-0.2, 0) is 0 Å². The Hall–Kier alpha value is -1.06. The lowest BCUT2D eigenvalue weighted by molar-refractivity contribution is 0.138. The molecule has 1 N–H and O–H groups in total. The molecule has 20 heavy (non-hydrogen) atoms. The van der Waals surface area contributed by atoms with Crippen LogP contribution in [0.4, 0.5) is 5.69 Å². The van der Waals surface area contributed by atoms with Crippen LogP contribution in [0, 0.1) is 12.8 Å². The second-order valence-corrected chi connectivity index (χ2v) is 6.51. The van der Waals surface area contributed by atoms with Gasteiger partial charge in [0.1, 0.15) is 0 Å². The third kappa shape index (κ3) is 3.15. The van der Waals surface area contributed by atoms with Gasteiger partial charge in [-0.05, 0) is 43.5 Å². The first-order valence-electron chi connectivity index (χ1n) is 7.99. The second kappa shape index (κ2) is 6.15. The van der Waals surface area contributed by atoms with Gasteiger partial charge in [-0.15, -0.1) is 0 Å². The van der Waals surface area contributed by atoms with Gasteiger partial charge in [-0.25, -0.2) is 0 Å². The molecule has 2 atom stereocenters. The van der Waals surface area contributed by atoms with Crippen molar-refractivity contribution in [3.05, 3.63) is 29.8 Å². The van der Waals surface area contributed by atoms with Crippen LogP contribution in [0.2, 0.25) is 0 Å². The Labute approximate surface area is 123 Å². The average molecular weight is 273 g/mol. The molecule has 0 amide bonds. The van der Waals surface area contributed by atoms with Crippen LogP contribution in [0.3, 0.4) is 0 Å². The van der Waals surface area contributed by atoms with Gasteiger partial charge < -0.3 is 10.2 Å². The normalized spacial score (nSPS) is 28.6. The lowest BCUT2D eigenvalue weighted by atomic mass is 9.96. The first kappa shape index (κ1) is 13.9. The lowest BCUT2D eigenvalue weighted by Crippen LogP contribution is -2.55. The monoisotopic (exact) mass is 273 g/mol. The molecule has 2 fully saturated rings. The first-order chi connectivity index (χ1) is 9.72. The van der Waals surface area contributed by atoms with E-state index in [1.165, 1.54) is 43.9 Å². The highest BCUT2D eigenvalue weighted by molar-refractivity contribution is 5.48. The molecule has 2 aliphatic rings. The molecule has 0 aromatic heterocycles. The number of aryl methyl sites for hydroxylation is 1. The van der Waals surface area contributed by atoms with E-state index < -0.39 is 0 Å². The number of anilines is 1. The lowest BCUT2D eigenvalue weighted by Gasteiger charge is -2.42. The molecule has 0 saturated carbocycles. The summed E-state index contributed by atoms with van der Waals surface area (Å²) in [6.07, 6.45) is 1.36. The molecular weight excluding hydrogens is 246 g/mol. The summed E-state index contributed by atoms with van der Waals surface area (Å²) in [4.78, 5) is 5.22. The van der Waals surface area contributed by atoms with Crippen molar-refractivity contribution in [2.24, 2.45) is 5.92 Å². The first-order valence-corrected chi connectivity index (χ1v) is 7.99. The predicted octanol–water partition coefficient (Wildman–Crippen LogP) is 2.12. The highest BCUT2D eigenvalue weighted by atomic mass is 15.3. The summed E-state index contributed by atoms with van der Waals surface area (Å²) in [5.41, 5.74) is 2.75. The Morgan fingerprint density at radius 3 is 2.60 bits per heavy atom. The molecule has 3 heteroatoms. The Morgan fingerprint density at radius 2 is 1.90 bits per heavy atom. The van der Waals surface area contributed by atoms with Crippen molar-refractivity contribution >= 4 is 5.69 Å². The molecule has 0 bridgehead atoms. The van der Waals surface area contributed by atoms with E-state index in [0.717, 1.165) is 25.0 Å². The van der Waals surface area contributed by atoms with Gasteiger partial charge in [0.25, 0.3) is 0 Å². The number of nitrogens with one attached hydrogen (secondary N) is 1. The zero-order chi connectivity index (χ0) is 13.9. The fourth-order valence-corrected chi connectivity index (χ4v) is 3.58. The topological polar surface area (TPSA) is 18.5 Å². The molecular formula is C17H27N3. The average Bonchev–Trinajstić information content (AvgIpc) is 2.47. The number of hydrogen-bond donors (Lipinski definition) is 1. The summed E-state index contributed by atoms with van der Waals surface area (Å²) in [6, 6.07) is 9.64. The molecule has 110 valence electrons. The summed E-state index contributed by atoms with van der Waals surface area (Å²) in [5, 5.41) is 3.58. The fraction of sp³-hybridized carbons (Fsp3) is 0.647. The molecule has 2 saturated heterocycles. The van der Waals surface area contributed by atoms with Crippen LogP contribution in [-0.4, -0.2) is 50.2 Å². The maximum absolute atomic E-state index is 3.58. The summed E-state index contributed by atoms with van der Waals surface area (Å²) in [6.45, 7) is 11.6. The molecule has 2 unspecified atom stereocenters. The Kier molecular flexibility index (Phi) is 4.27. The van der Waals surface area contributed by atoms with Crippen molar-refractivity contribution in [1.82, 2.24) is 10.2 Å². The molecule has 0 aliphatic carbocycles. The number of rotatable bonds is 2. The van der Waals surface area contributed by atoms with Gasteiger partial charge in [-0.1, -0.05) is 19.1 Å². The zero-order valence-electron chi connectivity index (χ0n) is 12.8. The van der Waals surface area contributed by atoms with E-state index in [1.54, 1.807) is 0 Å². The van der Waals surface area contributed by atoms with Gasteiger partial charge in [-0.3, -0.25) is 4.90 Å². The van der Waals surface area contributed by atoms with E-state index >= 15 is 0 Å². The van der Waals surface area contributed by atoms with Crippen LogP contribution in [0.25, 0.3) is 0 Å². The standard InChI is InChI=1S/C17H27N3/c1-14-4-3-5-16(10-14)19-6-8-20(9-7-19)17-11-15(2)12-18-13-17/h3-5,10,15,17-18H,6-9,11-13H2,1-2H3. The van der Waals surface area contributed by atoms with E-state index in [4.69, 9.17) is 0 Å². The molecule has 1 aromatic rings. The molecule has 1 aromatic carbocycles. The van der Waals surface area contributed by atoms with Crippen molar-refractivity contribution in [3.8, 4) is 0 Å². The van der Waals surface area contributed by atoms with E-state index in [2.05, 4.69) is 53.2 Å². The van der Waals surface area contributed by atoms with Crippen LogP contribution < -0.4 is 10.2 Å². The summed E-state index contributed by atoms with van der Waals surface area (Å²) < 4.78 is 0. The number of piperidine rings is 1. The van der Waals surface area contributed by atoms with Gasteiger partial charge in [0, 0.05) is 44.5 Å². The van der Waals surface area contributed by atoms with E-state index in [-0.39, 0.29) is 0 Å². The summed E-state index contributed by atoms with van der Waals surface area (Å²) in [5.74, 6) is 0.823. The van der Waals surface area contributed by atoms with Gasteiger partial charge in [0.2, 0.25) is 0 Å². The third-order valence-electron chi connectivity index (χ3n) is 4.74. The Bertz CT molecular complexity index is 438. The van der Waals surface area contributed by atoms with Crippen molar-refractivity contribution in [3.63, 3.8) is 0 Å². The summed E-state index contributed by atoms with van der Waals surface area (Å²) in [7, 11) is 0. The van der Waals surface area contributed by atoms with Crippen LogP contribution in [0.5, 0.6) is 0 Å². The summed E-state index contributed by atoms with van der Waals surface area (Å²) >= 11 is 0. The SMILES string of the molecule is Cc1cccc(N2CCN(C3CNCC(C)C3)CC2)c1. The minimum absolute atomic E-state index is 0.749. The fourth-order valence-electron chi connectivity index (χ4n) is 3.58. The van der Waals surface area contributed by atoms with Crippen LogP contribution in [0.1, 0.15) is 18.9 Å².